The lowest BCUT2D eigenvalue weighted by molar-refractivity contribution is 0.442. The fraction of sp³-hybridized carbons (Fsp3) is 0.750. The fourth-order valence-corrected chi connectivity index (χ4v) is 1.49. The van der Waals surface area contributed by atoms with Gasteiger partial charge in [-0.2, -0.15) is 0 Å². The number of oxazole rings is 1. The minimum Gasteiger partial charge on any atom is -0.445 e. The second kappa shape index (κ2) is 5.84. The Labute approximate surface area is 86.7 Å². The highest BCUT2D eigenvalue weighted by Crippen LogP contribution is 2.14. The van der Waals surface area contributed by atoms with Gasteiger partial charge in [-0.15, -0.1) is 0 Å². The van der Waals surface area contributed by atoms with Crippen molar-refractivity contribution in [3.63, 3.8) is 0 Å². The molecule has 0 radical (unpaired) electrons. The third-order valence-corrected chi connectivity index (χ3v) is 2.44. The van der Waals surface area contributed by atoms with E-state index in [9.17, 15) is 0 Å². The Kier molecular flexibility index (Phi) is 4.71. The van der Waals surface area contributed by atoms with Gasteiger partial charge < -0.3 is 4.42 Å². The number of rotatable bonds is 6. The summed E-state index contributed by atoms with van der Waals surface area (Å²) in [7, 11) is 0. The largest absolute Gasteiger partial charge is 0.445 e. The molecule has 2 heteroatoms. The van der Waals surface area contributed by atoms with E-state index in [2.05, 4.69) is 18.8 Å². The van der Waals surface area contributed by atoms with Crippen molar-refractivity contribution in [3.8, 4) is 0 Å². The van der Waals surface area contributed by atoms with Gasteiger partial charge in [-0.3, -0.25) is 0 Å². The van der Waals surface area contributed by atoms with E-state index in [1.807, 2.05) is 6.92 Å². The second-order valence-electron chi connectivity index (χ2n) is 3.82. The van der Waals surface area contributed by atoms with Crippen molar-refractivity contribution in [2.45, 2.75) is 59.3 Å². The Hall–Kier alpha value is -0.790. The molecule has 0 aliphatic rings. The molecule has 0 aromatic carbocycles. The molecule has 0 aliphatic carbocycles. The highest BCUT2D eigenvalue weighted by Gasteiger charge is 2.07. The molecule has 0 bridgehead atoms. The van der Waals surface area contributed by atoms with Crippen molar-refractivity contribution in [1.29, 1.82) is 0 Å². The summed E-state index contributed by atoms with van der Waals surface area (Å²) in [5.74, 6) is 2.02. The molecule has 1 rings (SSSR count). The lowest BCUT2D eigenvalue weighted by Gasteiger charge is -1.94. The Morgan fingerprint density at radius 3 is 2.36 bits per heavy atom. The molecule has 1 aromatic heterocycles. The van der Waals surface area contributed by atoms with Gasteiger partial charge in [-0.1, -0.05) is 26.7 Å². The van der Waals surface area contributed by atoms with Crippen LogP contribution in [0, 0.1) is 6.92 Å². The number of unbranched alkanes of at least 4 members (excludes halogenated alkanes) is 2. The maximum absolute atomic E-state index is 5.71. The van der Waals surface area contributed by atoms with Crippen molar-refractivity contribution < 1.29 is 4.42 Å². The highest BCUT2D eigenvalue weighted by atomic mass is 16.4. The van der Waals surface area contributed by atoms with Crippen molar-refractivity contribution in [3.05, 3.63) is 17.3 Å². The molecular formula is C12H21NO. The summed E-state index contributed by atoms with van der Waals surface area (Å²) in [5.41, 5.74) is 1.09. The van der Waals surface area contributed by atoms with E-state index >= 15 is 0 Å². The van der Waals surface area contributed by atoms with Gasteiger partial charge in [0.2, 0.25) is 0 Å². The minimum absolute atomic E-state index is 0.926. The number of aryl methyl sites for hydroxylation is 3. The van der Waals surface area contributed by atoms with Gasteiger partial charge in [0.25, 0.3) is 0 Å². The minimum atomic E-state index is 0.926. The van der Waals surface area contributed by atoms with E-state index < -0.39 is 0 Å². The van der Waals surface area contributed by atoms with E-state index in [-0.39, 0.29) is 0 Å². The molecule has 0 saturated carbocycles. The van der Waals surface area contributed by atoms with Crippen LogP contribution >= 0.6 is 0 Å². The molecule has 0 N–H and O–H groups in total. The van der Waals surface area contributed by atoms with Crippen molar-refractivity contribution >= 4 is 0 Å². The van der Waals surface area contributed by atoms with Crippen LogP contribution in [0.15, 0.2) is 4.42 Å². The van der Waals surface area contributed by atoms with Crippen LogP contribution < -0.4 is 0 Å². The maximum Gasteiger partial charge on any atom is 0.194 e. The number of nitrogens with zero attached hydrogens (tertiary/aromatic N) is 1. The SMILES string of the molecule is CCCCc1nc(C)c(CCCC)o1. The van der Waals surface area contributed by atoms with Gasteiger partial charge in [0.05, 0.1) is 5.69 Å². The van der Waals surface area contributed by atoms with E-state index in [4.69, 9.17) is 4.42 Å². The van der Waals surface area contributed by atoms with Crippen molar-refractivity contribution in [1.82, 2.24) is 4.98 Å². The molecule has 14 heavy (non-hydrogen) atoms. The van der Waals surface area contributed by atoms with Crippen LogP contribution in [0.3, 0.4) is 0 Å². The normalized spacial score (nSPS) is 10.8. The van der Waals surface area contributed by atoms with Gasteiger partial charge in [0.1, 0.15) is 5.76 Å². The van der Waals surface area contributed by atoms with E-state index in [1.165, 1.54) is 25.7 Å². The van der Waals surface area contributed by atoms with Crippen LogP contribution in [-0.2, 0) is 12.8 Å². The predicted molar refractivity (Wildman–Crippen MR) is 58.5 cm³/mol. The first kappa shape index (κ1) is 11.3. The Balaban J connectivity index is 2.53. The molecule has 2 nitrogen and oxygen atoms in total. The predicted octanol–water partition coefficient (Wildman–Crippen LogP) is 3.67. The average Bonchev–Trinajstić information content (AvgIpc) is 2.53. The lowest BCUT2D eigenvalue weighted by Crippen LogP contribution is -1.84. The second-order valence-corrected chi connectivity index (χ2v) is 3.82. The molecule has 0 saturated heterocycles. The summed E-state index contributed by atoms with van der Waals surface area (Å²) < 4.78 is 5.71. The summed E-state index contributed by atoms with van der Waals surface area (Å²) in [6, 6.07) is 0. The first-order valence-corrected chi connectivity index (χ1v) is 5.73. The monoisotopic (exact) mass is 195 g/mol. The molecule has 1 aromatic rings. The van der Waals surface area contributed by atoms with E-state index in [0.717, 1.165) is 30.2 Å². The molecule has 0 unspecified atom stereocenters. The van der Waals surface area contributed by atoms with E-state index in [1.54, 1.807) is 0 Å². The fourth-order valence-electron chi connectivity index (χ4n) is 1.49. The summed E-state index contributed by atoms with van der Waals surface area (Å²) in [5, 5.41) is 0. The molecule has 0 aliphatic heterocycles. The lowest BCUT2D eigenvalue weighted by atomic mass is 10.2. The summed E-state index contributed by atoms with van der Waals surface area (Å²) in [4.78, 5) is 4.43. The zero-order valence-electron chi connectivity index (χ0n) is 9.60. The van der Waals surface area contributed by atoms with Gasteiger partial charge in [-0.25, -0.2) is 4.98 Å². The summed E-state index contributed by atoms with van der Waals surface area (Å²) in [6.45, 7) is 6.43. The smallest absolute Gasteiger partial charge is 0.194 e. The maximum atomic E-state index is 5.71. The van der Waals surface area contributed by atoms with E-state index in [0.29, 0.717) is 0 Å². The third-order valence-electron chi connectivity index (χ3n) is 2.44. The van der Waals surface area contributed by atoms with Crippen molar-refractivity contribution in [2.24, 2.45) is 0 Å². The Morgan fingerprint density at radius 2 is 1.71 bits per heavy atom. The quantitative estimate of drug-likeness (QED) is 0.692. The van der Waals surface area contributed by atoms with Gasteiger partial charge >= 0.3 is 0 Å². The number of hydrogen-bond acceptors (Lipinski definition) is 2. The standard InChI is InChI=1S/C12H21NO/c1-4-6-8-11-10(3)13-12(14-11)9-7-5-2/h4-9H2,1-3H3. The molecule has 0 amide bonds. The first-order chi connectivity index (χ1) is 6.77. The topological polar surface area (TPSA) is 26.0 Å². The van der Waals surface area contributed by atoms with Crippen LogP contribution in [0.5, 0.6) is 0 Å². The Morgan fingerprint density at radius 1 is 1.07 bits per heavy atom. The zero-order chi connectivity index (χ0) is 10.4. The number of aromatic nitrogens is 1. The average molecular weight is 195 g/mol. The summed E-state index contributed by atoms with van der Waals surface area (Å²) >= 11 is 0. The Bertz CT molecular complexity index is 265. The number of hydrogen-bond donors (Lipinski definition) is 0. The molecule has 1 heterocycles. The zero-order valence-corrected chi connectivity index (χ0v) is 9.60. The van der Waals surface area contributed by atoms with Crippen LogP contribution in [0.25, 0.3) is 0 Å². The van der Waals surface area contributed by atoms with Gasteiger partial charge in [-0.05, 0) is 19.8 Å². The van der Waals surface area contributed by atoms with Crippen molar-refractivity contribution in [2.75, 3.05) is 0 Å². The van der Waals surface area contributed by atoms with Crippen LogP contribution in [-0.4, -0.2) is 4.98 Å². The van der Waals surface area contributed by atoms with Crippen LogP contribution in [0.4, 0.5) is 0 Å². The molecular weight excluding hydrogens is 174 g/mol. The summed E-state index contributed by atoms with van der Waals surface area (Å²) in [6.07, 6.45) is 6.82. The molecule has 0 atom stereocenters. The van der Waals surface area contributed by atoms with Gasteiger partial charge in [0.15, 0.2) is 5.89 Å². The highest BCUT2D eigenvalue weighted by molar-refractivity contribution is 5.08. The molecule has 80 valence electrons. The van der Waals surface area contributed by atoms with Crippen LogP contribution in [0.1, 0.15) is 56.9 Å². The molecule has 0 fully saturated rings. The van der Waals surface area contributed by atoms with Crippen LogP contribution in [0.2, 0.25) is 0 Å². The van der Waals surface area contributed by atoms with Gasteiger partial charge in [0, 0.05) is 12.8 Å². The molecule has 0 spiro atoms. The first-order valence-electron chi connectivity index (χ1n) is 5.73. The third kappa shape index (κ3) is 3.17.